The van der Waals surface area contributed by atoms with E-state index >= 15 is 0 Å². The molecular weight excluding hydrogens is 394 g/mol. The van der Waals surface area contributed by atoms with E-state index in [1.807, 2.05) is 6.08 Å². The summed E-state index contributed by atoms with van der Waals surface area (Å²) in [6, 6.07) is 9.28. The molecule has 32 heavy (non-hydrogen) atoms. The Bertz CT molecular complexity index is 1000. The fourth-order valence-electron chi connectivity index (χ4n) is 8.41. The van der Waals surface area contributed by atoms with Gasteiger partial charge in [0, 0.05) is 38.2 Å². The van der Waals surface area contributed by atoms with Gasteiger partial charge in [0.15, 0.2) is 5.78 Å². The lowest BCUT2D eigenvalue weighted by Crippen LogP contribution is -2.50. The minimum atomic E-state index is 0.113. The lowest BCUT2D eigenvalue weighted by molar-refractivity contribution is -0.114. The molecule has 1 aromatic rings. The Balaban J connectivity index is 1.38. The summed E-state index contributed by atoms with van der Waals surface area (Å²) in [7, 11) is 4.22. The second kappa shape index (κ2) is 7.32. The number of carbonyl (C=O) groups is 1. The van der Waals surface area contributed by atoms with Crippen molar-refractivity contribution < 1.29 is 9.53 Å². The monoisotopic (exact) mass is 431 g/mol. The van der Waals surface area contributed by atoms with E-state index in [4.69, 9.17) is 4.74 Å². The smallest absolute Gasteiger partial charge is 0.156 e. The minimum absolute atomic E-state index is 0.113. The molecule has 0 bridgehead atoms. The van der Waals surface area contributed by atoms with Crippen molar-refractivity contribution in [3.63, 3.8) is 0 Å². The van der Waals surface area contributed by atoms with Crippen molar-refractivity contribution in [2.24, 2.45) is 23.2 Å². The van der Waals surface area contributed by atoms with Gasteiger partial charge in [-0.1, -0.05) is 17.7 Å². The Hall–Kier alpha value is -1.87. The zero-order valence-electron chi connectivity index (χ0n) is 20.0. The highest BCUT2D eigenvalue weighted by atomic mass is 16.5. The maximum atomic E-state index is 12.0. The van der Waals surface area contributed by atoms with Crippen LogP contribution in [0.15, 0.2) is 47.1 Å². The summed E-state index contributed by atoms with van der Waals surface area (Å²) in [5.41, 5.74) is 7.81. The predicted octanol–water partition coefficient (Wildman–Crippen LogP) is 5.89. The number of allylic oxidation sites excluding steroid dienone is 4. The third-order valence-electron chi connectivity index (χ3n) is 9.74. The van der Waals surface area contributed by atoms with Crippen molar-refractivity contribution in [3.8, 4) is 0 Å². The largest absolute Gasteiger partial charge is 0.378 e. The van der Waals surface area contributed by atoms with E-state index in [9.17, 15) is 4.79 Å². The Morgan fingerprint density at radius 1 is 1.09 bits per heavy atom. The van der Waals surface area contributed by atoms with Crippen LogP contribution in [0.2, 0.25) is 0 Å². The number of hydrogen-bond donors (Lipinski definition) is 0. The summed E-state index contributed by atoms with van der Waals surface area (Å²) in [6.45, 7) is 3.02. The van der Waals surface area contributed by atoms with Crippen LogP contribution in [0.3, 0.4) is 0 Å². The van der Waals surface area contributed by atoms with E-state index in [-0.39, 0.29) is 11.0 Å². The van der Waals surface area contributed by atoms with Crippen molar-refractivity contribution in [1.29, 1.82) is 0 Å². The molecule has 3 heteroatoms. The first-order chi connectivity index (χ1) is 15.5. The molecule has 3 fully saturated rings. The lowest BCUT2D eigenvalue weighted by Gasteiger charge is -2.53. The normalized spacial score (nSPS) is 37.3. The van der Waals surface area contributed by atoms with Gasteiger partial charge in [-0.05, 0) is 111 Å². The Morgan fingerprint density at radius 3 is 2.66 bits per heavy atom. The fourth-order valence-corrected chi connectivity index (χ4v) is 8.41. The number of fused-ring (bicyclic) bond motifs is 6. The van der Waals surface area contributed by atoms with Gasteiger partial charge in [0.1, 0.15) is 0 Å². The molecule has 0 heterocycles. The minimum Gasteiger partial charge on any atom is -0.378 e. The van der Waals surface area contributed by atoms with E-state index in [0.717, 1.165) is 37.7 Å². The maximum absolute atomic E-state index is 12.0. The molecule has 0 aliphatic heterocycles. The summed E-state index contributed by atoms with van der Waals surface area (Å²) in [6.07, 6.45) is 12.2. The molecule has 0 radical (unpaired) electrons. The highest BCUT2D eigenvalue weighted by Crippen LogP contribution is 2.76. The van der Waals surface area contributed by atoms with Crippen LogP contribution in [0, 0.1) is 23.2 Å². The van der Waals surface area contributed by atoms with Gasteiger partial charge in [-0.15, -0.1) is 0 Å². The summed E-state index contributed by atoms with van der Waals surface area (Å²) in [5.74, 6) is 2.53. The van der Waals surface area contributed by atoms with Crippen LogP contribution in [0.25, 0.3) is 0 Å². The van der Waals surface area contributed by atoms with Crippen LogP contribution >= 0.6 is 0 Å². The molecular formula is C29H37NO2. The van der Waals surface area contributed by atoms with Gasteiger partial charge in [0.05, 0.1) is 5.60 Å². The highest BCUT2D eigenvalue weighted by Gasteiger charge is 2.76. The van der Waals surface area contributed by atoms with E-state index in [1.54, 1.807) is 11.1 Å². The standard InChI is InChI=1S/C29H37NO2/c1-4-32-29-18-21(29)16-27-26-11-7-20-15-23(31)10-12-24(20)25(26)13-14-28(27,29)17-19-5-8-22(9-6-19)30(2)3/h5-6,8-9,15,21,26-27H,4,7,10-14,16-18H2,1-3H3/t21-,26+,27-,28+,29-/m0/s1. The first-order valence-electron chi connectivity index (χ1n) is 12.8. The third-order valence-corrected chi connectivity index (χ3v) is 9.74. The van der Waals surface area contributed by atoms with Crippen LogP contribution in [-0.2, 0) is 16.0 Å². The van der Waals surface area contributed by atoms with Crippen LogP contribution < -0.4 is 4.90 Å². The zero-order chi connectivity index (χ0) is 22.1. The van der Waals surface area contributed by atoms with Crippen molar-refractivity contribution >= 4 is 11.5 Å². The molecule has 0 N–H and O–H groups in total. The molecule has 1 aromatic carbocycles. The summed E-state index contributed by atoms with van der Waals surface area (Å²) >= 11 is 0. The van der Waals surface area contributed by atoms with Crippen molar-refractivity contribution in [1.82, 2.24) is 0 Å². The van der Waals surface area contributed by atoms with Crippen LogP contribution in [-0.4, -0.2) is 32.1 Å². The highest BCUT2D eigenvalue weighted by molar-refractivity contribution is 5.93. The second-order valence-electron chi connectivity index (χ2n) is 11.2. The zero-order valence-corrected chi connectivity index (χ0v) is 20.0. The summed E-state index contributed by atoms with van der Waals surface area (Å²) in [4.78, 5) is 14.2. The van der Waals surface area contributed by atoms with Gasteiger partial charge in [0.2, 0.25) is 0 Å². The Kier molecular flexibility index (Phi) is 4.74. The topological polar surface area (TPSA) is 29.5 Å². The summed E-state index contributed by atoms with van der Waals surface area (Å²) < 4.78 is 6.69. The Labute approximate surface area is 192 Å². The van der Waals surface area contributed by atoms with E-state index in [1.165, 1.54) is 48.9 Å². The molecule has 6 rings (SSSR count). The van der Waals surface area contributed by atoms with Crippen LogP contribution in [0.1, 0.15) is 63.9 Å². The van der Waals surface area contributed by atoms with Gasteiger partial charge in [-0.25, -0.2) is 0 Å². The molecule has 3 saturated carbocycles. The van der Waals surface area contributed by atoms with Gasteiger partial charge >= 0.3 is 0 Å². The maximum Gasteiger partial charge on any atom is 0.156 e. The van der Waals surface area contributed by atoms with Crippen molar-refractivity contribution in [3.05, 3.63) is 52.6 Å². The molecule has 0 unspecified atom stereocenters. The van der Waals surface area contributed by atoms with Gasteiger partial charge in [-0.2, -0.15) is 0 Å². The Morgan fingerprint density at radius 2 is 1.91 bits per heavy atom. The van der Waals surface area contributed by atoms with Crippen LogP contribution in [0.5, 0.6) is 0 Å². The molecule has 5 aliphatic rings. The van der Waals surface area contributed by atoms with E-state index < -0.39 is 0 Å². The molecule has 0 aromatic heterocycles. The average molecular weight is 432 g/mol. The fraction of sp³-hybridized carbons (Fsp3) is 0.621. The number of benzene rings is 1. The molecule has 170 valence electrons. The number of carbonyl (C=O) groups excluding carboxylic acids is 1. The molecule has 0 spiro atoms. The van der Waals surface area contributed by atoms with Crippen molar-refractivity contribution in [2.45, 2.75) is 70.3 Å². The number of nitrogens with zero attached hydrogens (tertiary/aromatic N) is 1. The van der Waals surface area contributed by atoms with E-state index in [2.05, 4.69) is 50.2 Å². The third kappa shape index (κ3) is 2.86. The number of ketones is 1. The summed E-state index contributed by atoms with van der Waals surface area (Å²) in [5, 5.41) is 0. The second-order valence-corrected chi connectivity index (χ2v) is 11.2. The molecule has 0 amide bonds. The van der Waals surface area contributed by atoms with Crippen LogP contribution in [0.4, 0.5) is 5.69 Å². The first-order valence-corrected chi connectivity index (χ1v) is 12.8. The first kappa shape index (κ1) is 20.7. The van der Waals surface area contributed by atoms with Crippen molar-refractivity contribution in [2.75, 3.05) is 25.6 Å². The predicted molar refractivity (Wildman–Crippen MR) is 129 cm³/mol. The number of ether oxygens (including phenoxy) is 1. The molecule has 5 aliphatic carbocycles. The van der Waals surface area contributed by atoms with Gasteiger partial charge in [0.25, 0.3) is 0 Å². The molecule has 3 nitrogen and oxygen atoms in total. The quantitative estimate of drug-likeness (QED) is 0.582. The van der Waals surface area contributed by atoms with Gasteiger partial charge in [-0.3, -0.25) is 4.79 Å². The number of hydrogen-bond acceptors (Lipinski definition) is 3. The van der Waals surface area contributed by atoms with E-state index in [0.29, 0.717) is 18.1 Å². The van der Waals surface area contributed by atoms with Gasteiger partial charge < -0.3 is 9.64 Å². The molecule has 0 saturated heterocycles. The lowest BCUT2D eigenvalue weighted by atomic mass is 9.53. The SMILES string of the molecule is CCO[C@@]12C[C@@H]1C[C@H]1[C@@H]3CCC4=CC(=O)CCC4=C3CC[C@@]12Cc1ccc(N(C)C)cc1. The number of rotatable bonds is 5. The number of anilines is 1. The molecule has 5 atom stereocenters. The average Bonchev–Trinajstić information content (AvgIpc) is 3.42.